The Morgan fingerprint density at radius 2 is 1.50 bits per heavy atom. The minimum atomic E-state index is 0.805. The third kappa shape index (κ3) is 4.26. The summed E-state index contributed by atoms with van der Waals surface area (Å²) in [7, 11) is 0. The van der Waals surface area contributed by atoms with E-state index >= 15 is 0 Å². The Bertz CT molecular complexity index is 956. The molecule has 0 N–H and O–H groups in total. The molecular weight excluding hydrogens is 374 g/mol. The maximum absolute atomic E-state index is 4.93. The second-order valence-corrected chi connectivity index (χ2v) is 7.93. The molecule has 0 unspecified atom stereocenters. The molecule has 30 heavy (non-hydrogen) atoms. The van der Waals surface area contributed by atoms with E-state index in [4.69, 9.17) is 9.97 Å². The van der Waals surface area contributed by atoms with Crippen molar-refractivity contribution in [2.45, 2.75) is 19.4 Å². The van der Waals surface area contributed by atoms with Crippen molar-refractivity contribution in [2.75, 3.05) is 49.1 Å². The number of piperazine rings is 1. The van der Waals surface area contributed by atoms with Gasteiger partial charge in [0.15, 0.2) is 0 Å². The van der Waals surface area contributed by atoms with Crippen LogP contribution in [0.1, 0.15) is 16.8 Å². The number of rotatable bonds is 5. The van der Waals surface area contributed by atoms with Gasteiger partial charge in [0.1, 0.15) is 0 Å². The quantitative estimate of drug-likeness (QED) is 0.649. The fraction of sp³-hybridized carbons (Fsp3) is 0.391. The smallest absolute Gasteiger partial charge is 0.225 e. The largest absolute Gasteiger partial charge is 0.337 e. The highest BCUT2D eigenvalue weighted by atomic mass is 15.4. The molecule has 1 aromatic carbocycles. The van der Waals surface area contributed by atoms with Gasteiger partial charge < -0.3 is 9.80 Å². The van der Waals surface area contributed by atoms with E-state index in [1.165, 1.54) is 16.8 Å². The fourth-order valence-corrected chi connectivity index (χ4v) is 4.20. The van der Waals surface area contributed by atoms with Crippen LogP contribution in [0, 0.1) is 0 Å². The molecule has 5 rings (SSSR count). The zero-order valence-electron chi connectivity index (χ0n) is 17.2. The molecule has 0 amide bonds. The Balaban J connectivity index is 1.18. The summed E-state index contributed by atoms with van der Waals surface area (Å²) in [5, 5.41) is 0. The van der Waals surface area contributed by atoms with Crippen molar-refractivity contribution in [3.05, 3.63) is 71.8 Å². The standard InChI is InChI=1S/C23H27N7/c1-2-5-19(6-3-1)7-11-28-12-8-21-20(18-28)17-26-23(27-21)30-15-13-29(14-16-30)22-24-9-4-10-25-22/h1-6,9-10,17H,7-8,11-16,18H2. The Labute approximate surface area is 177 Å². The first-order chi connectivity index (χ1) is 14.8. The van der Waals surface area contributed by atoms with E-state index < -0.39 is 0 Å². The van der Waals surface area contributed by atoms with Gasteiger partial charge in [0.25, 0.3) is 0 Å². The lowest BCUT2D eigenvalue weighted by molar-refractivity contribution is 0.254. The topological polar surface area (TPSA) is 61.3 Å². The normalized spacial score (nSPS) is 17.1. The second kappa shape index (κ2) is 8.75. The zero-order valence-corrected chi connectivity index (χ0v) is 17.2. The first-order valence-electron chi connectivity index (χ1n) is 10.7. The zero-order chi connectivity index (χ0) is 20.2. The van der Waals surface area contributed by atoms with Crippen molar-refractivity contribution >= 4 is 11.9 Å². The van der Waals surface area contributed by atoms with E-state index in [1.807, 2.05) is 12.3 Å². The molecule has 2 aromatic heterocycles. The van der Waals surface area contributed by atoms with E-state index in [2.05, 4.69) is 55.0 Å². The van der Waals surface area contributed by atoms with E-state index in [-0.39, 0.29) is 0 Å². The SMILES string of the molecule is c1ccc(CCN2CCc3nc(N4CCN(c5ncccn5)CC4)ncc3C2)cc1. The van der Waals surface area contributed by atoms with Crippen molar-refractivity contribution < 1.29 is 0 Å². The van der Waals surface area contributed by atoms with Crippen molar-refractivity contribution in [3.8, 4) is 0 Å². The minimum absolute atomic E-state index is 0.805. The van der Waals surface area contributed by atoms with Crippen LogP contribution >= 0.6 is 0 Å². The fourth-order valence-electron chi connectivity index (χ4n) is 4.20. The minimum Gasteiger partial charge on any atom is -0.337 e. The summed E-state index contributed by atoms with van der Waals surface area (Å²) in [4.78, 5) is 25.4. The molecule has 0 saturated carbocycles. The molecule has 2 aliphatic heterocycles. The molecule has 1 saturated heterocycles. The number of hydrogen-bond acceptors (Lipinski definition) is 7. The molecule has 0 radical (unpaired) electrons. The first kappa shape index (κ1) is 18.9. The van der Waals surface area contributed by atoms with Crippen LogP contribution in [0.5, 0.6) is 0 Å². The molecule has 4 heterocycles. The van der Waals surface area contributed by atoms with Gasteiger partial charge in [0.05, 0.1) is 5.69 Å². The molecule has 7 heteroatoms. The van der Waals surface area contributed by atoms with Gasteiger partial charge in [-0.15, -0.1) is 0 Å². The summed E-state index contributed by atoms with van der Waals surface area (Å²) in [6.07, 6.45) is 7.72. The lowest BCUT2D eigenvalue weighted by Gasteiger charge is -2.35. The molecule has 154 valence electrons. The molecule has 1 fully saturated rings. The summed E-state index contributed by atoms with van der Waals surface area (Å²) in [6, 6.07) is 12.6. The van der Waals surface area contributed by atoms with Gasteiger partial charge in [-0.2, -0.15) is 0 Å². The lowest BCUT2D eigenvalue weighted by atomic mass is 10.1. The molecule has 7 nitrogen and oxygen atoms in total. The maximum Gasteiger partial charge on any atom is 0.225 e. The first-order valence-corrected chi connectivity index (χ1v) is 10.7. The molecule has 0 bridgehead atoms. The van der Waals surface area contributed by atoms with Gasteiger partial charge in [-0.3, -0.25) is 4.90 Å². The van der Waals surface area contributed by atoms with Crippen molar-refractivity contribution in [1.29, 1.82) is 0 Å². The molecule has 3 aromatic rings. The second-order valence-electron chi connectivity index (χ2n) is 7.93. The average Bonchev–Trinajstić information content (AvgIpc) is 2.84. The predicted molar refractivity (Wildman–Crippen MR) is 118 cm³/mol. The summed E-state index contributed by atoms with van der Waals surface area (Å²) in [6.45, 7) is 6.64. The molecular formula is C23H27N7. The number of anilines is 2. The van der Waals surface area contributed by atoms with Crippen LogP contribution in [-0.4, -0.2) is 64.1 Å². The van der Waals surface area contributed by atoms with Gasteiger partial charge in [0.2, 0.25) is 11.9 Å². The highest BCUT2D eigenvalue weighted by Gasteiger charge is 2.23. The number of benzene rings is 1. The van der Waals surface area contributed by atoms with Crippen LogP contribution in [0.2, 0.25) is 0 Å². The highest BCUT2D eigenvalue weighted by Crippen LogP contribution is 2.21. The Morgan fingerprint density at radius 1 is 0.767 bits per heavy atom. The summed E-state index contributed by atoms with van der Waals surface area (Å²) in [5.41, 5.74) is 3.88. The van der Waals surface area contributed by atoms with Crippen LogP contribution in [-0.2, 0) is 19.4 Å². The third-order valence-electron chi connectivity index (χ3n) is 5.96. The molecule has 0 spiro atoms. The highest BCUT2D eigenvalue weighted by molar-refractivity contribution is 5.39. The van der Waals surface area contributed by atoms with Gasteiger partial charge in [-0.05, 0) is 18.1 Å². The molecule has 2 aliphatic rings. The Morgan fingerprint density at radius 3 is 2.27 bits per heavy atom. The van der Waals surface area contributed by atoms with Gasteiger partial charge in [-0.25, -0.2) is 19.9 Å². The van der Waals surface area contributed by atoms with E-state index in [0.717, 1.165) is 70.6 Å². The monoisotopic (exact) mass is 401 g/mol. The summed E-state index contributed by atoms with van der Waals surface area (Å²) >= 11 is 0. The Kier molecular flexibility index (Phi) is 5.52. The van der Waals surface area contributed by atoms with E-state index in [1.54, 1.807) is 12.4 Å². The third-order valence-corrected chi connectivity index (χ3v) is 5.96. The van der Waals surface area contributed by atoms with Gasteiger partial charge in [0, 0.05) is 76.4 Å². The number of nitrogens with zero attached hydrogens (tertiary/aromatic N) is 7. The van der Waals surface area contributed by atoms with Crippen LogP contribution in [0.25, 0.3) is 0 Å². The maximum atomic E-state index is 4.93. The molecule has 0 aliphatic carbocycles. The van der Waals surface area contributed by atoms with Crippen LogP contribution in [0.15, 0.2) is 55.0 Å². The van der Waals surface area contributed by atoms with Crippen molar-refractivity contribution in [2.24, 2.45) is 0 Å². The van der Waals surface area contributed by atoms with Gasteiger partial charge in [-0.1, -0.05) is 30.3 Å². The van der Waals surface area contributed by atoms with Crippen LogP contribution in [0.3, 0.4) is 0 Å². The molecule has 0 atom stereocenters. The van der Waals surface area contributed by atoms with E-state index in [0.29, 0.717) is 0 Å². The van der Waals surface area contributed by atoms with E-state index in [9.17, 15) is 0 Å². The lowest BCUT2D eigenvalue weighted by Crippen LogP contribution is -2.47. The Hall–Kier alpha value is -3.06. The van der Waals surface area contributed by atoms with Crippen molar-refractivity contribution in [3.63, 3.8) is 0 Å². The predicted octanol–water partition coefficient (Wildman–Crippen LogP) is 2.19. The summed E-state index contributed by atoms with van der Waals surface area (Å²) in [5.74, 6) is 1.67. The van der Waals surface area contributed by atoms with Crippen molar-refractivity contribution in [1.82, 2.24) is 24.8 Å². The van der Waals surface area contributed by atoms with Crippen LogP contribution in [0.4, 0.5) is 11.9 Å². The van der Waals surface area contributed by atoms with Gasteiger partial charge >= 0.3 is 0 Å². The van der Waals surface area contributed by atoms with Crippen LogP contribution < -0.4 is 9.80 Å². The number of aromatic nitrogens is 4. The number of hydrogen-bond donors (Lipinski definition) is 0. The summed E-state index contributed by atoms with van der Waals surface area (Å²) < 4.78 is 0. The average molecular weight is 402 g/mol. The number of fused-ring (bicyclic) bond motifs is 1.